The average molecular weight is 637 g/mol. The van der Waals surface area contributed by atoms with Gasteiger partial charge in [-0.2, -0.15) is 0 Å². The minimum atomic E-state index is -1.99. The number of hydrogen-bond acceptors (Lipinski definition) is 18. The first-order valence-electron chi connectivity index (χ1n) is 13.3. The highest BCUT2D eigenvalue weighted by Gasteiger charge is 2.57. The summed E-state index contributed by atoms with van der Waals surface area (Å²) in [5, 5.41) is 11.0. The third-order valence-electron chi connectivity index (χ3n) is 5.90. The van der Waals surface area contributed by atoms with Gasteiger partial charge in [-0.1, -0.05) is 0 Å². The van der Waals surface area contributed by atoms with Crippen molar-refractivity contribution in [3.05, 3.63) is 0 Å². The van der Waals surface area contributed by atoms with E-state index in [-0.39, 0.29) is 0 Å². The Hall–Kier alpha value is -3.87. The SMILES string of the molecule is CC(=O)OC[C@H]1O[C@H](O[C@H]2[C@@H](OC(C)=O)[C@H](OC(C)=O)[C@@H](COC(C)=O)O[C@@H]2O)[C@@H](OC(C)=O)[C@@H](OC(C)=O)[C@@H]1OC(C)=O. The Morgan fingerprint density at radius 2 is 0.818 bits per heavy atom. The smallest absolute Gasteiger partial charge is 0.303 e. The molecule has 0 amide bonds. The van der Waals surface area contributed by atoms with Gasteiger partial charge in [0, 0.05) is 48.5 Å². The van der Waals surface area contributed by atoms with Crippen LogP contribution in [0.2, 0.25) is 0 Å². The summed E-state index contributed by atoms with van der Waals surface area (Å²) in [6.07, 6.45) is -16.3. The predicted molar refractivity (Wildman–Crippen MR) is 135 cm³/mol. The quantitative estimate of drug-likeness (QED) is 0.203. The van der Waals surface area contributed by atoms with Crippen LogP contribution in [0, 0.1) is 0 Å². The number of carbonyl (C=O) groups excluding carboxylic acids is 7. The third kappa shape index (κ3) is 10.7. The van der Waals surface area contributed by atoms with Crippen LogP contribution >= 0.6 is 0 Å². The van der Waals surface area contributed by atoms with Gasteiger partial charge in [0.1, 0.15) is 25.4 Å². The number of hydrogen-bond donors (Lipinski definition) is 1. The molecule has 0 aromatic heterocycles. The Morgan fingerprint density at radius 3 is 1.20 bits per heavy atom. The van der Waals surface area contributed by atoms with Crippen LogP contribution in [0.4, 0.5) is 0 Å². The molecule has 0 unspecified atom stereocenters. The molecule has 0 bridgehead atoms. The lowest BCUT2D eigenvalue weighted by Gasteiger charge is -2.47. The normalized spacial score (nSPS) is 31.5. The summed E-state index contributed by atoms with van der Waals surface area (Å²) in [4.78, 5) is 83.3. The third-order valence-corrected chi connectivity index (χ3v) is 5.90. The lowest BCUT2D eigenvalue weighted by atomic mass is 9.96. The first-order valence-corrected chi connectivity index (χ1v) is 13.3. The summed E-state index contributed by atoms with van der Waals surface area (Å²) in [7, 11) is 0. The van der Waals surface area contributed by atoms with E-state index in [0.717, 1.165) is 48.5 Å². The number of aliphatic hydroxyl groups excluding tert-OH is 1. The van der Waals surface area contributed by atoms with Crippen LogP contribution < -0.4 is 0 Å². The van der Waals surface area contributed by atoms with Gasteiger partial charge in [-0.05, 0) is 0 Å². The van der Waals surface area contributed by atoms with Crippen molar-refractivity contribution < 1.29 is 86.0 Å². The van der Waals surface area contributed by atoms with Crippen LogP contribution in [0.5, 0.6) is 0 Å². The Labute approximate surface area is 251 Å². The van der Waals surface area contributed by atoms with Crippen LogP contribution in [0.25, 0.3) is 0 Å². The molecule has 2 heterocycles. The number of carbonyl (C=O) groups is 7. The molecule has 2 aliphatic heterocycles. The van der Waals surface area contributed by atoms with Gasteiger partial charge in [0.15, 0.2) is 49.2 Å². The van der Waals surface area contributed by atoms with Crippen molar-refractivity contribution >= 4 is 41.8 Å². The van der Waals surface area contributed by atoms with Crippen LogP contribution in [0.3, 0.4) is 0 Å². The summed E-state index contributed by atoms with van der Waals surface area (Å²) in [5.74, 6) is -5.97. The average Bonchev–Trinajstić information content (AvgIpc) is 2.87. The minimum absolute atomic E-state index is 0.534. The van der Waals surface area contributed by atoms with Crippen molar-refractivity contribution in [3.8, 4) is 0 Å². The second-order valence-electron chi connectivity index (χ2n) is 9.68. The van der Waals surface area contributed by atoms with Gasteiger partial charge >= 0.3 is 41.8 Å². The summed E-state index contributed by atoms with van der Waals surface area (Å²) in [6, 6.07) is 0. The summed E-state index contributed by atoms with van der Waals surface area (Å²) in [6.45, 7) is 6.19. The van der Waals surface area contributed by atoms with Gasteiger partial charge in [0.25, 0.3) is 0 Å². The van der Waals surface area contributed by atoms with E-state index in [9.17, 15) is 38.7 Å². The van der Waals surface area contributed by atoms with Crippen molar-refractivity contribution in [1.82, 2.24) is 0 Å². The predicted octanol–water partition coefficient (Wildman–Crippen LogP) is -1.40. The highest BCUT2D eigenvalue weighted by molar-refractivity contribution is 5.69. The maximum Gasteiger partial charge on any atom is 0.303 e. The van der Waals surface area contributed by atoms with E-state index >= 15 is 0 Å². The largest absolute Gasteiger partial charge is 0.463 e. The van der Waals surface area contributed by atoms with Gasteiger partial charge < -0.3 is 52.5 Å². The molecule has 2 fully saturated rings. The summed E-state index contributed by atoms with van der Waals surface area (Å²) >= 11 is 0. The second kappa shape index (κ2) is 16.3. The molecule has 0 radical (unpaired) electrons. The van der Waals surface area contributed by atoms with E-state index in [1.807, 2.05) is 0 Å². The molecule has 2 aliphatic rings. The lowest BCUT2D eigenvalue weighted by Crippen LogP contribution is -2.67. The molecule has 2 rings (SSSR count). The zero-order valence-corrected chi connectivity index (χ0v) is 25.1. The molecule has 0 aliphatic carbocycles. The van der Waals surface area contributed by atoms with Crippen molar-refractivity contribution in [2.45, 2.75) is 110 Å². The molecule has 18 nitrogen and oxygen atoms in total. The molecule has 0 saturated carbocycles. The molecule has 44 heavy (non-hydrogen) atoms. The van der Waals surface area contributed by atoms with Crippen molar-refractivity contribution in [2.24, 2.45) is 0 Å². The lowest BCUT2D eigenvalue weighted by molar-refractivity contribution is -0.363. The zero-order valence-electron chi connectivity index (χ0n) is 25.1. The standard InChI is InChI=1S/C26H36O18/c1-10(27)35-8-17-19(37-12(3)29)21(39-14(5)31)23(25(34)42-17)44-26-24(41-16(7)33)22(40-15(6)32)20(38-13(4)30)18(43-26)9-36-11(2)28/h17-26,34H,8-9H2,1-7H3/t17-,18-,19-,20-,21+,22+,23+,24+,25+,26-/m1/s1. The molecule has 10 atom stereocenters. The molecule has 248 valence electrons. The topological polar surface area (TPSA) is 232 Å². The fourth-order valence-corrected chi connectivity index (χ4v) is 4.49. The fourth-order valence-electron chi connectivity index (χ4n) is 4.49. The molecular formula is C26H36O18. The first-order chi connectivity index (χ1) is 20.5. The van der Waals surface area contributed by atoms with Gasteiger partial charge in [0.2, 0.25) is 0 Å². The zero-order chi connectivity index (χ0) is 33.3. The maximum absolute atomic E-state index is 12.1. The van der Waals surface area contributed by atoms with Gasteiger partial charge in [-0.3, -0.25) is 33.6 Å². The molecule has 0 aromatic carbocycles. The van der Waals surface area contributed by atoms with Crippen LogP contribution in [-0.2, 0) is 80.9 Å². The van der Waals surface area contributed by atoms with Crippen molar-refractivity contribution in [2.75, 3.05) is 13.2 Å². The van der Waals surface area contributed by atoms with E-state index in [4.69, 9.17) is 47.4 Å². The van der Waals surface area contributed by atoms with Crippen molar-refractivity contribution in [1.29, 1.82) is 0 Å². The molecule has 18 heteroatoms. The van der Waals surface area contributed by atoms with Crippen LogP contribution in [0.1, 0.15) is 48.5 Å². The molecule has 0 spiro atoms. The number of aliphatic hydroxyl groups is 1. The Morgan fingerprint density at radius 1 is 0.477 bits per heavy atom. The Balaban J connectivity index is 2.59. The Bertz CT molecular complexity index is 1090. The van der Waals surface area contributed by atoms with Crippen molar-refractivity contribution in [3.63, 3.8) is 0 Å². The number of rotatable bonds is 11. The number of esters is 7. The maximum atomic E-state index is 12.1. The van der Waals surface area contributed by atoms with Gasteiger partial charge in [-0.15, -0.1) is 0 Å². The highest BCUT2D eigenvalue weighted by Crippen LogP contribution is 2.34. The molecular weight excluding hydrogens is 600 g/mol. The van der Waals surface area contributed by atoms with Crippen LogP contribution in [-0.4, -0.2) is 122 Å². The first kappa shape index (κ1) is 36.3. The van der Waals surface area contributed by atoms with Gasteiger partial charge in [-0.25, -0.2) is 0 Å². The summed E-state index contributed by atoms with van der Waals surface area (Å²) in [5.41, 5.74) is 0. The van der Waals surface area contributed by atoms with E-state index in [0.29, 0.717) is 0 Å². The fraction of sp³-hybridized carbons (Fsp3) is 0.731. The molecule has 1 N–H and O–H groups in total. The Kier molecular flexibility index (Phi) is 13.4. The van der Waals surface area contributed by atoms with E-state index in [1.165, 1.54) is 0 Å². The second-order valence-corrected chi connectivity index (χ2v) is 9.68. The van der Waals surface area contributed by atoms with E-state index in [1.54, 1.807) is 0 Å². The summed E-state index contributed by atoms with van der Waals surface area (Å²) < 4.78 is 53.9. The molecule has 0 aromatic rings. The van der Waals surface area contributed by atoms with E-state index < -0.39 is 116 Å². The van der Waals surface area contributed by atoms with E-state index in [2.05, 4.69) is 0 Å². The number of ether oxygens (including phenoxy) is 10. The monoisotopic (exact) mass is 636 g/mol. The highest BCUT2D eigenvalue weighted by atomic mass is 16.8. The van der Waals surface area contributed by atoms with Crippen LogP contribution in [0.15, 0.2) is 0 Å². The van der Waals surface area contributed by atoms with Gasteiger partial charge in [0.05, 0.1) is 0 Å². The molecule has 2 saturated heterocycles. The minimum Gasteiger partial charge on any atom is -0.463 e.